The van der Waals surface area contributed by atoms with Gasteiger partial charge < -0.3 is 20.5 Å². The summed E-state index contributed by atoms with van der Waals surface area (Å²) in [5.41, 5.74) is -2.44. The van der Waals surface area contributed by atoms with Crippen LogP contribution in [0, 0.1) is 29.8 Å². The van der Waals surface area contributed by atoms with Crippen molar-refractivity contribution < 1.29 is 31.9 Å². The maximum absolute atomic E-state index is 14.8. The first-order valence-electron chi connectivity index (χ1n) is 12.2. The van der Waals surface area contributed by atoms with Gasteiger partial charge in [0.25, 0.3) is 5.91 Å². The molecule has 1 saturated heterocycles. The van der Waals surface area contributed by atoms with Crippen molar-refractivity contribution in [2.24, 2.45) is 0 Å². The molecule has 0 saturated carbocycles. The highest BCUT2D eigenvalue weighted by Gasteiger charge is 2.56. The number of likely N-dealkylation sites (tertiary alicyclic amines) is 1. The van der Waals surface area contributed by atoms with Crippen LogP contribution in [0.1, 0.15) is 42.7 Å². The van der Waals surface area contributed by atoms with Crippen LogP contribution in [-0.4, -0.2) is 51.9 Å². The van der Waals surface area contributed by atoms with E-state index in [2.05, 4.69) is 21.5 Å². The van der Waals surface area contributed by atoms with Gasteiger partial charge in [-0.3, -0.25) is 14.4 Å². The minimum atomic E-state index is -1.91. The SMILES string of the molecule is C#C[C@@H]1C[C@@]2(CN1C(=O)[C@H](CC(C)(C)F)NC(=O)c1cc3cc(F)c(F)c(F)c3[nH]1)C(=O)Nc1ccccc12. The third-order valence-corrected chi connectivity index (χ3v) is 7.25. The fourth-order valence-electron chi connectivity index (χ4n) is 5.44. The largest absolute Gasteiger partial charge is 0.348 e. The molecule has 0 unspecified atom stereocenters. The molecule has 11 heteroatoms. The molecule has 2 aliphatic rings. The molecule has 39 heavy (non-hydrogen) atoms. The lowest BCUT2D eigenvalue weighted by Gasteiger charge is -2.30. The molecule has 3 aromatic rings. The summed E-state index contributed by atoms with van der Waals surface area (Å²) in [5, 5.41) is 5.16. The van der Waals surface area contributed by atoms with Gasteiger partial charge in [0.2, 0.25) is 11.8 Å². The number of hydrogen-bond acceptors (Lipinski definition) is 3. The van der Waals surface area contributed by atoms with Crippen molar-refractivity contribution in [3.8, 4) is 12.3 Å². The van der Waals surface area contributed by atoms with Gasteiger partial charge in [-0.2, -0.15) is 0 Å². The topological polar surface area (TPSA) is 94.3 Å². The predicted octanol–water partition coefficient (Wildman–Crippen LogP) is 3.95. The second-order valence-corrected chi connectivity index (χ2v) is 10.5. The Morgan fingerprint density at radius 3 is 2.64 bits per heavy atom. The van der Waals surface area contributed by atoms with Crippen LogP contribution in [0.3, 0.4) is 0 Å². The van der Waals surface area contributed by atoms with Crippen LogP contribution in [-0.2, 0) is 15.0 Å². The van der Waals surface area contributed by atoms with E-state index in [0.717, 1.165) is 12.1 Å². The van der Waals surface area contributed by atoms with Crippen LogP contribution in [0.2, 0.25) is 0 Å². The average molecular weight is 541 g/mol. The molecule has 1 spiro atoms. The molecule has 1 fully saturated rings. The van der Waals surface area contributed by atoms with Crippen LogP contribution in [0.15, 0.2) is 36.4 Å². The van der Waals surface area contributed by atoms with Gasteiger partial charge in [0, 0.05) is 24.0 Å². The quantitative estimate of drug-likeness (QED) is 0.260. The van der Waals surface area contributed by atoms with Crippen molar-refractivity contribution in [3.05, 3.63) is 65.1 Å². The molecule has 0 bridgehead atoms. The number of nitrogens with one attached hydrogen (secondary N) is 3. The number of amides is 3. The zero-order chi connectivity index (χ0) is 28.3. The summed E-state index contributed by atoms with van der Waals surface area (Å²) in [6, 6.07) is 6.63. The molecule has 7 nitrogen and oxygen atoms in total. The summed E-state index contributed by atoms with van der Waals surface area (Å²) in [6.45, 7) is 2.38. The summed E-state index contributed by atoms with van der Waals surface area (Å²) >= 11 is 0. The Morgan fingerprint density at radius 1 is 1.23 bits per heavy atom. The molecule has 3 atom stereocenters. The van der Waals surface area contributed by atoms with Crippen molar-refractivity contribution in [3.63, 3.8) is 0 Å². The summed E-state index contributed by atoms with van der Waals surface area (Å²) in [4.78, 5) is 43.6. The van der Waals surface area contributed by atoms with Gasteiger partial charge in [-0.05, 0) is 44.0 Å². The van der Waals surface area contributed by atoms with E-state index in [4.69, 9.17) is 6.42 Å². The molecule has 3 amide bonds. The first-order chi connectivity index (χ1) is 18.3. The molecule has 2 aromatic carbocycles. The summed E-state index contributed by atoms with van der Waals surface area (Å²) in [5.74, 6) is -4.05. The number of hydrogen-bond donors (Lipinski definition) is 3. The van der Waals surface area contributed by atoms with E-state index in [1.54, 1.807) is 24.3 Å². The molecule has 3 N–H and O–H groups in total. The molecule has 202 valence electrons. The Labute approximate surface area is 220 Å². The van der Waals surface area contributed by atoms with E-state index >= 15 is 0 Å². The zero-order valence-corrected chi connectivity index (χ0v) is 21.0. The number of carbonyl (C=O) groups excluding carboxylic acids is 3. The first-order valence-corrected chi connectivity index (χ1v) is 12.2. The van der Waals surface area contributed by atoms with Crippen molar-refractivity contribution in [1.29, 1.82) is 0 Å². The number of nitrogens with zero attached hydrogens (tertiary/aromatic N) is 1. The Kier molecular flexibility index (Phi) is 6.17. The number of aromatic amines is 1. The Hall–Kier alpha value is -4.33. The number of anilines is 1. The number of carbonyl (C=O) groups is 3. The number of para-hydroxylation sites is 1. The standard InChI is InChI=1S/C28H24F4N4O3/c1-4-15-11-28(16-7-5-6-8-18(16)35-26(28)39)13-36(15)25(38)20(12-27(2,3)32)34-24(37)19-10-14-9-17(29)21(30)22(31)23(14)33-19/h1,5-10,15,20,33H,11-13H2,2-3H3,(H,34,37)(H,35,39)/t15-,20+,28+/m1/s1. The molecule has 0 radical (unpaired) electrons. The van der Waals surface area contributed by atoms with Crippen molar-refractivity contribution in [2.75, 3.05) is 11.9 Å². The minimum absolute atomic E-state index is 0.0845. The van der Waals surface area contributed by atoms with E-state index in [1.807, 2.05) is 0 Å². The number of benzene rings is 2. The number of fused-ring (bicyclic) bond motifs is 3. The Balaban J connectivity index is 1.45. The van der Waals surface area contributed by atoms with E-state index in [9.17, 15) is 31.9 Å². The second-order valence-electron chi connectivity index (χ2n) is 10.5. The normalized spacial score (nSPS) is 21.1. The van der Waals surface area contributed by atoms with Gasteiger partial charge in [0.15, 0.2) is 17.5 Å². The zero-order valence-electron chi connectivity index (χ0n) is 21.0. The lowest BCUT2D eigenvalue weighted by molar-refractivity contribution is -0.134. The van der Waals surface area contributed by atoms with Crippen LogP contribution in [0.4, 0.5) is 23.2 Å². The van der Waals surface area contributed by atoms with Gasteiger partial charge in [-0.25, -0.2) is 17.6 Å². The van der Waals surface area contributed by atoms with Crippen molar-refractivity contribution >= 4 is 34.3 Å². The first kappa shape index (κ1) is 26.3. The van der Waals surface area contributed by atoms with E-state index < -0.39 is 64.4 Å². The number of alkyl halides is 1. The molecule has 2 aliphatic heterocycles. The van der Waals surface area contributed by atoms with Gasteiger partial charge in [0.05, 0.1) is 17.0 Å². The fourth-order valence-corrected chi connectivity index (χ4v) is 5.44. The molecule has 0 aliphatic carbocycles. The van der Waals surface area contributed by atoms with Crippen LogP contribution < -0.4 is 10.6 Å². The lowest BCUT2D eigenvalue weighted by atomic mass is 9.79. The maximum Gasteiger partial charge on any atom is 0.268 e. The smallest absolute Gasteiger partial charge is 0.268 e. The van der Waals surface area contributed by atoms with Gasteiger partial charge >= 0.3 is 0 Å². The number of H-pyrrole nitrogens is 1. The van der Waals surface area contributed by atoms with E-state index in [1.165, 1.54) is 18.7 Å². The fraction of sp³-hybridized carbons (Fsp3) is 0.321. The molecular formula is C28H24F4N4O3. The van der Waals surface area contributed by atoms with Gasteiger partial charge in [0.1, 0.15) is 17.4 Å². The van der Waals surface area contributed by atoms with Crippen LogP contribution in [0.5, 0.6) is 0 Å². The highest BCUT2D eigenvalue weighted by Crippen LogP contribution is 2.46. The highest BCUT2D eigenvalue weighted by molar-refractivity contribution is 6.07. The second kappa shape index (κ2) is 9.15. The van der Waals surface area contributed by atoms with E-state index in [0.29, 0.717) is 11.3 Å². The lowest BCUT2D eigenvalue weighted by Crippen LogP contribution is -2.52. The highest BCUT2D eigenvalue weighted by atomic mass is 19.2. The Morgan fingerprint density at radius 2 is 1.95 bits per heavy atom. The maximum atomic E-state index is 14.8. The van der Waals surface area contributed by atoms with Crippen LogP contribution in [0.25, 0.3) is 10.9 Å². The van der Waals surface area contributed by atoms with Gasteiger partial charge in [-0.15, -0.1) is 6.42 Å². The number of terminal acetylenes is 1. The number of rotatable bonds is 5. The third-order valence-electron chi connectivity index (χ3n) is 7.25. The summed E-state index contributed by atoms with van der Waals surface area (Å²) in [6.07, 6.45) is 5.43. The van der Waals surface area contributed by atoms with Crippen molar-refractivity contribution in [1.82, 2.24) is 15.2 Å². The minimum Gasteiger partial charge on any atom is -0.348 e. The monoisotopic (exact) mass is 540 g/mol. The predicted molar refractivity (Wildman–Crippen MR) is 135 cm³/mol. The third kappa shape index (κ3) is 4.39. The molecular weight excluding hydrogens is 516 g/mol. The van der Waals surface area contributed by atoms with E-state index in [-0.39, 0.29) is 30.0 Å². The Bertz CT molecular complexity index is 1570. The average Bonchev–Trinajstić information content (AvgIpc) is 3.56. The van der Waals surface area contributed by atoms with Crippen molar-refractivity contribution in [2.45, 2.75) is 49.9 Å². The number of aromatic nitrogens is 1. The molecule has 3 heterocycles. The van der Waals surface area contributed by atoms with Gasteiger partial charge in [-0.1, -0.05) is 24.1 Å². The molecule has 1 aromatic heterocycles. The van der Waals surface area contributed by atoms with Crippen LogP contribution >= 0.6 is 0 Å². The summed E-state index contributed by atoms with van der Waals surface area (Å²) in [7, 11) is 0. The summed E-state index contributed by atoms with van der Waals surface area (Å²) < 4.78 is 56.3. The number of halogens is 4. The molecule has 5 rings (SSSR count).